The number of hydrogen-bond acceptors (Lipinski definition) is 4. The third kappa shape index (κ3) is 3.14. The third-order valence-electron chi connectivity index (χ3n) is 3.21. The molecule has 0 fully saturated rings. The van der Waals surface area contributed by atoms with Crippen molar-refractivity contribution in [2.24, 2.45) is 7.05 Å². The van der Waals surface area contributed by atoms with Crippen LogP contribution in [-0.4, -0.2) is 20.7 Å². The zero-order valence-electron chi connectivity index (χ0n) is 12.3. The normalized spacial score (nSPS) is 11.5. The van der Waals surface area contributed by atoms with Gasteiger partial charge in [0.25, 0.3) is 5.91 Å². The van der Waals surface area contributed by atoms with Gasteiger partial charge in [0.05, 0.1) is 11.8 Å². The lowest BCUT2D eigenvalue weighted by Gasteiger charge is -2.07. The van der Waals surface area contributed by atoms with Crippen LogP contribution in [0.3, 0.4) is 0 Å². The molecule has 24 heavy (non-hydrogen) atoms. The predicted molar refractivity (Wildman–Crippen MR) is 78.1 cm³/mol. The molecule has 3 aromatic heterocycles. The summed E-state index contributed by atoms with van der Waals surface area (Å²) in [5.41, 5.74) is -0.535. The van der Waals surface area contributed by atoms with E-state index in [-0.39, 0.29) is 5.56 Å². The fourth-order valence-corrected chi connectivity index (χ4v) is 2.01. The Morgan fingerprint density at radius 2 is 2.08 bits per heavy atom. The predicted octanol–water partition coefficient (Wildman–Crippen LogP) is 3.35. The lowest BCUT2D eigenvalue weighted by Crippen LogP contribution is -2.16. The third-order valence-corrected chi connectivity index (χ3v) is 3.21. The van der Waals surface area contributed by atoms with Crippen LogP contribution in [0, 0.1) is 0 Å². The Bertz CT molecular complexity index is 852. The van der Waals surface area contributed by atoms with E-state index in [0.717, 1.165) is 18.3 Å². The van der Waals surface area contributed by atoms with E-state index in [4.69, 9.17) is 4.42 Å². The van der Waals surface area contributed by atoms with Crippen LogP contribution in [0.15, 0.2) is 47.2 Å². The summed E-state index contributed by atoms with van der Waals surface area (Å²) in [6.07, 6.45) is -2.17. The SMILES string of the molecule is Cn1nc(-c2ccco2)cc1NC(=O)c1ccc(C(F)(F)F)nc1. The zero-order valence-corrected chi connectivity index (χ0v) is 12.3. The smallest absolute Gasteiger partial charge is 0.433 e. The summed E-state index contributed by atoms with van der Waals surface area (Å²) in [5.74, 6) is 0.304. The molecule has 0 aliphatic rings. The van der Waals surface area contributed by atoms with Crippen LogP contribution in [-0.2, 0) is 13.2 Å². The van der Waals surface area contributed by atoms with Gasteiger partial charge in [0, 0.05) is 19.3 Å². The average molecular weight is 336 g/mol. The molecule has 3 rings (SSSR count). The molecule has 1 N–H and O–H groups in total. The number of aromatic nitrogens is 3. The highest BCUT2D eigenvalue weighted by atomic mass is 19.4. The largest absolute Gasteiger partial charge is 0.463 e. The summed E-state index contributed by atoms with van der Waals surface area (Å²) >= 11 is 0. The molecule has 1 amide bonds. The molecule has 0 spiro atoms. The van der Waals surface area contributed by atoms with Crippen molar-refractivity contribution in [1.82, 2.24) is 14.8 Å². The molecule has 6 nitrogen and oxygen atoms in total. The molecule has 0 aromatic carbocycles. The second kappa shape index (κ2) is 5.84. The average Bonchev–Trinajstić information content (AvgIpc) is 3.17. The van der Waals surface area contributed by atoms with Gasteiger partial charge in [-0.15, -0.1) is 0 Å². The fourth-order valence-electron chi connectivity index (χ4n) is 2.01. The monoisotopic (exact) mass is 336 g/mol. The quantitative estimate of drug-likeness (QED) is 0.796. The maximum Gasteiger partial charge on any atom is 0.433 e. The molecular formula is C15H11F3N4O2. The Balaban J connectivity index is 1.78. The number of rotatable bonds is 3. The number of carbonyl (C=O) groups is 1. The first-order valence-electron chi connectivity index (χ1n) is 6.77. The van der Waals surface area contributed by atoms with E-state index in [9.17, 15) is 18.0 Å². The lowest BCUT2D eigenvalue weighted by atomic mass is 10.2. The van der Waals surface area contributed by atoms with Gasteiger partial charge >= 0.3 is 6.18 Å². The summed E-state index contributed by atoms with van der Waals surface area (Å²) in [7, 11) is 1.62. The number of anilines is 1. The number of hydrogen-bond donors (Lipinski definition) is 1. The topological polar surface area (TPSA) is 73.0 Å². The first-order chi connectivity index (χ1) is 11.3. The zero-order chi connectivity index (χ0) is 17.3. The van der Waals surface area contributed by atoms with Gasteiger partial charge in [-0.2, -0.15) is 18.3 Å². The maximum atomic E-state index is 12.5. The molecule has 3 heterocycles. The van der Waals surface area contributed by atoms with Gasteiger partial charge in [-0.05, 0) is 24.3 Å². The Morgan fingerprint density at radius 3 is 2.67 bits per heavy atom. The minimum atomic E-state index is -4.55. The summed E-state index contributed by atoms with van der Waals surface area (Å²) in [6, 6.07) is 6.83. The van der Waals surface area contributed by atoms with Crippen LogP contribution in [0.25, 0.3) is 11.5 Å². The molecule has 0 atom stereocenters. The molecule has 0 radical (unpaired) electrons. The highest BCUT2D eigenvalue weighted by Crippen LogP contribution is 2.27. The standard InChI is InChI=1S/C15H11F3N4O2/c1-22-13(7-10(21-22)11-3-2-6-24-11)20-14(23)9-4-5-12(19-8-9)15(16,17)18/h2-8H,1H3,(H,20,23). The molecule has 0 unspecified atom stereocenters. The summed E-state index contributed by atoms with van der Waals surface area (Å²) in [6.45, 7) is 0. The minimum Gasteiger partial charge on any atom is -0.463 e. The van der Waals surface area contributed by atoms with Gasteiger partial charge in [0.1, 0.15) is 17.2 Å². The van der Waals surface area contributed by atoms with Gasteiger partial charge in [-0.1, -0.05) is 0 Å². The minimum absolute atomic E-state index is 0.00347. The number of carbonyl (C=O) groups excluding carboxylic acids is 1. The van der Waals surface area contributed by atoms with Crippen molar-refractivity contribution in [3.05, 3.63) is 54.0 Å². The molecule has 0 saturated heterocycles. The maximum absolute atomic E-state index is 12.5. The van der Waals surface area contributed by atoms with Gasteiger partial charge in [0.2, 0.25) is 0 Å². The first-order valence-corrected chi connectivity index (χ1v) is 6.77. The molecule has 124 valence electrons. The number of aryl methyl sites for hydroxylation is 1. The number of amides is 1. The second-order valence-corrected chi connectivity index (χ2v) is 4.90. The van der Waals surface area contributed by atoms with Crippen LogP contribution in [0.4, 0.5) is 19.0 Å². The van der Waals surface area contributed by atoms with Crippen molar-refractivity contribution in [3.8, 4) is 11.5 Å². The number of furan rings is 1. The second-order valence-electron chi connectivity index (χ2n) is 4.90. The summed E-state index contributed by atoms with van der Waals surface area (Å²) < 4.78 is 44.1. The highest BCUT2D eigenvalue weighted by Gasteiger charge is 2.32. The van der Waals surface area contributed by atoms with Crippen molar-refractivity contribution in [2.75, 3.05) is 5.32 Å². The van der Waals surface area contributed by atoms with Crippen LogP contribution in [0.1, 0.15) is 16.1 Å². The van der Waals surface area contributed by atoms with E-state index in [1.807, 2.05) is 0 Å². The first kappa shape index (κ1) is 15.8. The lowest BCUT2D eigenvalue weighted by molar-refractivity contribution is -0.141. The number of halogens is 3. The Labute approximate surface area is 133 Å². The molecule has 3 aromatic rings. The van der Waals surface area contributed by atoms with Crippen molar-refractivity contribution in [2.45, 2.75) is 6.18 Å². The Kier molecular flexibility index (Phi) is 3.84. The van der Waals surface area contributed by atoms with Crippen molar-refractivity contribution in [1.29, 1.82) is 0 Å². The van der Waals surface area contributed by atoms with E-state index in [1.54, 1.807) is 25.2 Å². The molecule has 0 aliphatic heterocycles. The van der Waals surface area contributed by atoms with Crippen molar-refractivity contribution in [3.63, 3.8) is 0 Å². The number of nitrogens with one attached hydrogen (secondary N) is 1. The molecule has 9 heteroatoms. The molecule has 0 bridgehead atoms. The highest BCUT2D eigenvalue weighted by molar-refractivity contribution is 6.03. The van der Waals surface area contributed by atoms with E-state index in [0.29, 0.717) is 17.3 Å². The van der Waals surface area contributed by atoms with Crippen LogP contribution >= 0.6 is 0 Å². The van der Waals surface area contributed by atoms with E-state index < -0.39 is 17.8 Å². The van der Waals surface area contributed by atoms with Crippen molar-refractivity contribution < 1.29 is 22.4 Å². The summed E-state index contributed by atoms with van der Waals surface area (Å²) in [5, 5.41) is 6.76. The molecular weight excluding hydrogens is 325 g/mol. The number of alkyl halides is 3. The van der Waals surface area contributed by atoms with Gasteiger partial charge in [-0.3, -0.25) is 14.5 Å². The van der Waals surface area contributed by atoms with Crippen LogP contribution < -0.4 is 5.32 Å². The Hall–Kier alpha value is -3.10. The van der Waals surface area contributed by atoms with Crippen LogP contribution in [0.5, 0.6) is 0 Å². The van der Waals surface area contributed by atoms with Crippen molar-refractivity contribution >= 4 is 11.7 Å². The van der Waals surface area contributed by atoms with Crippen LogP contribution in [0.2, 0.25) is 0 Å². The van der Waals surface area contributed by atoms with E-state index >= 15 is 0 Å². The number of nitrogens with zero attached hydrogens (tertiary/aromatic N) is 3. The van der Waals surface area contributed by atoms with Gasteiger partial charge in [-0.25, -0.2) is 0 Å². The van der Waals surface area contributed by atoms with E-state index in [1.165, 1.54) is 10.9 Å². The van der Waals surface area contributed by atoms with Gasteiger partial charge < -0.3 is 9.73 Å². The Morgan fingerprint density at radius 1 is 1.29 bits per heavy atom. The number of pyridine rings is 1. The molecule has 0 saturated carbocycles. The molecule has 0 aliphatic carbocycles. The van der Waals surface area contributed by atoms with E-state index in [2.05, 4.69) is 15.4 Å². The van der Waals surface area contributed by atoms with Gasteiger partial charge in [0.15, 0.2) is 5.76 Å². The summed E-state index contributed by atoms with van der Waals surface area (Å²) in [4.78, 5) is 15.4. The fraction of sp³-hybridized carbons (Fsp3) is 0.133.